The van der Waals surface area contributed by atoms with Gasteiger partial charge in [0.2, 0.25) is 10.0 Å². The van der Waals surface area contributed by atoms with Crippen LogP contribution in [-0.2, 0) is 10.0 Å². The lowest BCUT2D eigenvalue weighted by Gasteiger charge is -2.45. The van der Waals surface area contributed by atoms with Crippen molar-refractivity contribution in [2.75, 3.05) is 13.2 Å². The van der Waals surface area contributed by atoms with E-state index in [0.29, 0.717) is 12.8 Å². The van der Waals surface area contributed by atoms with Crippen LogP contribution in [0.3, 0.4) is 0 Å². The molecule has 0 unspecified atom stereocenters. The van der Waals surface area contributed by atoms with Gasteiger partial charge in [0.15, 0.2) is 0 Å². The molecule has 3 N–H and O–H groups in total. The minimum Gasteiger partial charge on any atom is -0.396 e. The van der Waals surface area contributed by atoms with Gasteiger partial charge in [0.25, 0.3) is 0 Å². The summed E-state index contributed by atoms with van der Waals surface area (Å²) < 4.78 is 39.9. The maximum absolute atomic E-state index is 13.1. The Balaban J connectivity index is 2.08. The van der Waals surface area contributed by atoms with Crippen molar-refractivity contribution in [2.24, 2.45) is 5.41 Å². The van der Waals surface area contributed by atoms with Crippen molar-refractivity contribution in [3.05, 3.63) is 29.6 Å². The van der Waals surface area contributed by atoms with Crippen LogP contribution in [-0.4, -0.2) is 37.9 Å². The number of aryl methyl sites for hydroxylation is 1. The minimum absolute atomic E-state index is 0.0156. The Bertz CT molecular complexity index is 590. The highest BCUT2D eigenvalue weighted by molar-refractivity contribution is 7.89. The van der Waals surface area contributed by atoms with Gasteiger partial charge < -0.3 is 10.2 Å². The van der Waals surface area contributed by atoms with Crippen molar-refractivity contribution < 1.29 is 23.0 Å². The van der Waals surface area contributed by atoms with E-state index in [1.165, 1.54) is 19.1 Å². The summed E-state index contributed by atoms with van der Waals surface area (Å²) in [5.74, 6) is -0.452. The molecule has 1 saturated carbocycles. The van der Waals surface area contributed by atoms with E-state index in [0.717, 1.165) is 6.07 Å². The highest BCUT2D eigenvalue weighted by Crippen LogP contribution is 2.40. The second-order valence-electron chi connectivity index (χ2n) is 5.45. The van der Waals surface area contributed by atoms with E-state index in [9.17, 15) is 12.8 Å². The molecule has 0 aromatic heterocycles. The Morgan fingerprint density at radius 3 is 2.45 bits per heavy atom. The van der Waals surface area contributed by atoms with Gasteiger partial charge in [0, 0.05) is 11.5 Å². The maximum Gasteiger partial charge on any atom is 0.240 e. The van der Waals surface area contributed by atoms with E-state index >= 15 is 0 Å². The number of nitrogens with one attached hydrogen (secondary N) is 1. The lowest BCUT2D eigenvalue weighted by Crippen LogP contribution is -2.54. The number of rotatable bonds is 5. The van der Waals surface area contributed by atoms with Crippen LogP contribution in [0.25, 0.3) is 0 Å². The minimum atomic E-state index is -3.71. The Morgan fingerprint density at radius 2 is 1.95 bits per heavy atom. The van der Waals surface area contributed by atoms with Gasteiger partial charge in [-0.2, -0.15) is 0 Å². The molecule has 0 amide bonds. The molecule has 1 aromatic carbocycles. The first-order valence-corrected chi connectivity index (χ1v) is 7.80. The molecule has 0 atom stereocenters. The Morgan fingerprint density at radius 1 is 1.35 bits per heavy atom. The quantitative estimate of drug-likeness (QED) is 0.741. The van der Waals surface area contributed by atoms with Crippen molar-refractivity contribution in [2.45, 2.75) is 30.7 Å². The first kappa shape index (κ1) is 15.4. The van der Waals surface area contributed by atoms with Crippen molar-refractivity contribution in [3.63, 3.8) is 0 Å². The summed E-state index contributed by atoms with van der Waals surface area (Å²) in [7, 11) is -3.71. The number of benzene rings is 1. The van der Waals surface area contributed by atoms with Gasteiger partial charge in [-0.3, -0.25) is 0 Å². The molecule has 0 saturated heterocycles. The summed E-state index contributed by atoms with van der Waals surface area (Å²) in [4.78, 5) is 0.0156. The van der Waals surface area contributed by atoms with Crippen molar-refractivity contribution in [3.8, 4) is 0 Å². The van der Waals surface area contributed by atoms with Crippen LogP contribution in [0.15, 0.2) is 23.1 Å². The van der Waals surface area contributed by atoms with Crippen molar-refractivity contribution in [1.29, 1.82) is 0 Å². The fourth-order valence-electron chi connectivity index (χ4n) is 2.45. The zero-order valence-electron chi connectivity index (χ0n) is 11.1. The second-order valence-corrected chi connectivity index (χ2v) is 7.17. The summed E-state index contributed by atoms with van der Waals surface area (Å²) in [6.07, 6.45) is 0.777. The number of halogens is 1. The second kappa shape index (κ2) is 5.40. The lowest BCUT2D eigenvalue weighted by molar-refractivity contribution is -0.0261. The SMILES string of the molecule is Cc1cc(S(=O)(=O)NC2CC(CO)(CO)C2)ccc1F. The van der Waals surface area contributed by atoms with Crippen LogP contribution in [0.1, 0.15) is 18.4 Å². The first-order chi connectivity index (χ1) is 9.32. The van der Waals surface area contributed by atoms with Crippen LogP contribution < -0.4 is 4.72 Å². The predicted molar refractivity (Wildman–Crippen MR) is 71.1 cm³/mol. The van der Waals surface area contributed by atoms with Crippen LogP contribution >= 0.6 is 0 Å². The topological polar surface area (TPSA) is 86.6 Å². The van der Waals surface area contributed by atoms with E-state index in [4.69, 9.17) is 10.2 Å². The van der Waals surface area contributed by atoms with Crippen molar-refractivity contribution in [1.82, 2.24) is 4.72 Å². The molecule has 7 heteroatoms. The van der Waals surface area contributed by atoms with Gasteiger partial charge in [-0.15, -0.1) is 0 Å². The third kappa shape index (κ3) is 2.85. The molecular weight excluding hydrogens is 285 g/mol. The zero-order valence-corrected chi connectivity index (χ0v) is 12.0. The predicted octanol–water partition coefficient (Wildman–Crippen LogP) is 0.546. The van der Waals surface area contributed by atoms with Gasteiger partial charge in [-0.25, -0.2) is 17.5 Å². The smallest absolute Gasteiger partial charge is 0.240 e. The summed E-state index contributed by atoms with van der Waals surface area (Å²) in [6, 6.07) is 3.30. The number of aliphatic hydroxyl groups is 2. The number of hydrogen-bond donors (Lipinski definition) is 3. The fourth-order valence-corrected chi connectivity index (χ4v) is 3.77. The largest absolute Gasteiger partial charge is 0.396 e. The third-order valence-electron chi connectivity index (χ3n) is 3.79. The van der Waals surface area contributed by atoms with E-state index < -0.39 is 21.3 Å². The maximum atomic E-state index is 13.1. The third-order valence-corrected chi connectivity index (χ3v) is 5.31. The van der Waals surface area contributed by atoms with Crippen LogP contribution in [0, 0.1) is 18.2 Å². The molecule has 0 heterocycles. The average Bonchev–Trinajstić information content (AvgIpc) is 2.36. The fraction of sp³-hybridized carbons (Fsp3) is 0.538. The molecule has 1 aromatic rings. The van der Waals surface area contributed by atoms with E-state index in [2.05, 4.69) is 4.72 Å². The van der Waals surface area contributed by atoms with Gasteiger partial charge >= 0.3 is 0 Å². The molecule has 1 fully saturated rings. The molecule has 1 aliphatic rings. The van der Waals surface area contributed by atoms with Crippen LogP contribution in [0.5, 0.6) is 0 Å². The van der Waals surface area contributed by atoms with Crippen molar-refractivity contribution >= 4 is 10.0 Å². The monoisotopic (exact) mass is 303 g/mol. The van der Waals surface area contributed by atoms with E-state index in [1.807, 2.05) is 0 Å². The number of sulfonamides is 1. The number of hydrogen-bond acceptors (Lipinski definition) is 4. The van der Waals surface area contributed by atoms with E-state index in [-0.39, 0.29) is 29.7 Å². The first-order valence-electron chi connectivity index (χ1n) is 6.32. The summed E-state index contributed by atoms with van der Waals surface area (Å²) in [5, 5.41) is 18.3. The number of aliphatic hydroxyl groups excluding tert-OH is 2. The standard InChI is InChI=1S/C13H18FNO4S/c1-9-4-11(2-3-12(9)14)20(18,19)15-10-5-13(6-10,7-16)8-17/h2-4,10,15-17H,5-8H2,1H3. The Hall–Kier alpha value is -1.02. The lowest BCUT2D eigenvalue weighted by atomic mass is 9.67. The molecule has 20 heavy (non-hydrogen) atoms. The summed E-state index contributed by atoms with van der Waals surface area (Å²) >= 11 is 0. The molecule has 112 valence electrons. The Labute approximate surface area is 117 Å². The molecule has 1 aliphatic carbocycles. The Kier molecular flexibility index (Phi) is 4.15. The van der Waals surface area contributed by atoms with Crippen LogP contribution in [0.2, 0.25) is 0 Å². The average molecular weight is 303 g/mol. The normalized spacial score (nSPS) is 18.8. The van der Waals surface area contributed by atoms with Gasteiger partial charge in [-0.1, -0.05) is 0 Å². The molecule has 0 radical (unpaired) electrons. The van der Waals surface area contributed by atoms with Gasteiger partial charge in [0.1, 0.15) is 5.82 Å². The molecule has 0 aliphatic heterocycles. The van der Waals surface area contributed by atoms with Crippen LogP contribution in [0.4, 0.5) is 4.39 Å². The molecular formula is C13H18FNO4S. The van der Waals surface area contributed by atoms with Gasteiger partial charge in [-0.05, 0) is 43.5 Å². The summed E-state index contributed by atoms with van der Waals surface area (Å²) in [5.41, 5.74) is -0.326. The van der Waals surface area contributed by atoms with Gasteiger partial charge in [0.05, 0.1) is 18.1 Å². The zero-order chi connectivity index (χ0) is 15.0. The molecule has 0 spiro atoms. The molecule has 5 nitrogen and oxygen atoms in total. The highest BCUT2D eigenvalue weighted by Gasteiger charge is 2.44. The molecule has 0 bridgehead atoms. The van der Waals surface area contributed by atoms with E-state index in [1.54, 1.807) is 0 Å². The molecule has 2 rings (SSSR count). The summed E-state index contributed by atoms with van der Waals surface area (Å²) in [6.45, 7) is 1.16. The highest BCUT2D eigenvalue weighted by atomic mass is 32.2.